The Morgan fingerprint density at radius 3 is 2.50 bits per heavy atom. The minimum atomic E-state index is 0.0836. The Hall–Kier alpha value is -1.67. The minimum Gasteiger partial charge on any atom is -0.288 e. The lowest BCUT2D eigenvalue weighted by Gasteiger charge is -1.94. The largest absolute Gasteiger partial charge is 0.288 e. The molecule has 0 aliphatic heterocycles. The summed E-state index contributed by atoms with van der Waals surface area (Å²) in [5.74, 6) is 0.0836. The number of thiophene rings is 1. The van der Waals surface area contributed by atoms with Crippen molar-refractivity contribution < 1.29 is 4.79 Å². The zero-order valence-corrected chi connectivity index (χ0v) is 11.5. The second-order valence-electron chi connectivity index (χ2n) is 4.23. The molecule has 92 valence electrons. The maximum atomic E-state index is 11.9. The molecule has 0 aliphatic rings. The number of allylic oxidation sites excluding steroid dienone is 1. The number of ketones is 1. The van der Waals surface area contributed by atoms with E-state index in [4.69, 9.17) is 0 Å². The SMILES string of the molecule is CCc1ccc(C(=O)/C=C/c2ccc(C)cc2)s1. The third kappa shape index (κ3) is 3.17. The van der Waals surface area contributed by atoms with Crippen LogP contribution in [-0.4, -0.2) is 5.78 Å². The van der Waals surface area contributed by atoms with Crippen LogP contribution in [-0.2, 0) is 6.42 Å². The van der Waals surface area contributed by atoms with Crippen LogP contribution < -0.4 is 0 Å². The topological polar surface area (TPSA) is 17.1 Å². The van der Waals surface area contributed by atoms with Gasteiger partial charge in [0.1, 0.15) is 0 Å². The van der Waals surface area contributed by atoms with Crippen LogP contribution in [0.25, 0.3) is 6.08 Å². The molecule has 1 aromatic heterocycles. The smallest absolute Gasteiger partial charge is 0.195 e. The number of rotatable bonds is 4. The van der Waals surface area contributed by atoms with Gasteiger partial charge < -0.3 is 0 Å². The molecular weight excluding hydrogens is 240 g/mol. The van der Waals surface area contributed by atoms with Crippen LogP contribution in [0.5, 0.6) is 0 Å². The molecule has 2 aromatic rings. The Kier molecular flexibility index (Phi) is 4.11. The molecule has 0 saturated carbocycles. The molecule has 2 heteroatoms. The van der Waals surface area contributed by atoms with Crippen LogP contribution >= 0.6 is 11.3 Å². The summed E-state index contributed by atoms with van der Waals surface area (Å²) in [6.45, 7) is 4.15. The summed E-state index contributed by atoms with van der Waals surface area (Å²) < 4.78 is 0. The Balaban J connectivity index is 2.09. The first-order chi connectivity index (χ1) is 8.69. The number of aryl methyl sites for hydroxylation is 2. The van der Waals surface area contributed by atoms with Crippen molar-refractivity contribution in [1.29, 1.82) is 0 Å². The van der Waals surface area contributed by atoms with Gasteiger partial charge in [0.05, 0.1) is 4.88 Å². The summed E-state index contributed by atoms with van der Waals surface area (Å²) in [4.78, 5) is 14.0. The molecule has 0 unspecified atom stereocenters. The van der Waals surface area contributed by atoms with Gasteiger partial charge in [0.2, 0.25) is 0 Å². The van der Waals surface area contributed by atoms with Crippen molar-refractivity contribution >= 4 is 23.2 Å². The fraction of sp³-hybridized carbons (Fsp3) is 0.188. The minimum absolute atomic E-state index is 0.0836. The van der Waals surface area contributed by atoms with Gasteiger partial charge in [-0.05, 0) is 37.1 Å². The van der Waals surface area contributed by atoms with E-state index in [0.717, 1.165) is 16.9 Å². The molecule has 0 amide bonds. The van der Waals surface area contributed by atoms with E-state index < -0.39 is 0 Å². The third-order valence-electron chi connectivity index (χ3n) is 2.76. The van der Waals surface area contributed by atoms with Crippen molar-refractivity contribution in [2.24, 2.45) is 0 Å². The summed E-state index contributed by atoms with van der Waals surface area (Å²) in [6.07, 6.45) is 4.50. The van der Waals surface area contributed by atoms with Crippen molar-refractivity contribution in [2.45, 2.75) is 20.3 Å². The van der Waals surface area contributed by atoms with E-state index in [0.29, 0.717) is 0 Å². The first-order valence-corrected chi connectivity index (χ1v) is 6.88. The van der Waals surface area contributed by atoms with Gasteiger partial charge in [0, 0.05) is 4.88 Å². The number of hydrogen-bond donors (Lipinski definition) is 0. The Morgan fingerprint density at radius 2 is 1.89 bits per heavy atom. The first-order valence-electron chi connectivity index (χ1n) is 6.07. The zero-order valence-electron chi connectivity index (χ0n) is 10.6. The molecule has 0 N–H and O–H groups in total. The van der Waals surface area contributed by atoms with Gasteiger partial charge in [0.25, 0.3) is 0 Å². The molecule has 0 spiro atoms. The summed E-state index contributed by atoms with van der Waals surface area (Å²) >= 11 is 1.58. The van der Waals surface area contributed by atoms with Crippen LogP contribution in [0.2, 0.25) is 0 Å². The van der Waals surface area contributed by atoms with Crippen molar-refractivity contribution in [3.63, 3.8) is 0 Å². The van der Waals surface area contributed by atoms with Gasteiger partial charge >= 0.3 is 0 Å². The highest BCUT2D eigenvalue weighted by Gasteiger charge is 2.04. The maximum Gasteiger partial charge on any atom is 0.195 e. The van der Waals surface area contributed by atoms with Gasteiger partial charge in [-0.3, -0.25) is 4.79 Å². The monoisotopic (exact) mass is 256 g/mol. The predicted octanol–water partition coefficient (Wildman–Crippen LogP) is 4.52. The molecule has 0 fully saturated rings. The van der Waals surface area contributed by atoms with E-state index in [1.165, 1.54) is 10.4 Å². The molecule has 2 rings (SSSR count). The van der Waals surface area contributed by atoms with Crippen LogP contribution in [0.1, 0.15) is 32.6 Å². The lowest BCUT2D eigenvalue weighted by Crippen LogP contribution is -1.88. The van der Waals surface area contributed by atoms with Gasteiger partial charge in [-0.15, -0.1) is 11.3 Å². The van der Waals surface area contributed by atoms with Crippen molar-refractivity contribution in [2.75, 3.05) is 0 Å². The van der Waals surface area contributed by atoms with Crippen LogP contribution in [0.15, 0.2) is 42.5 Å². The molecule has 18 heavy (non-hydrogen) atoms. The molecule has 1 aromatic carbocycles. The fourth-order valence-electron chi connectivity index (χ4n) is 1.63. The molecule has 0 saturated heterocycles. The Labute approximate surface area is 112 Å². The van der Waals surface area contributed by atoms with E-state index in [1.807, 2.05) is 42.5 Å². The molecule has 1 nitrogen and oxygen atoms in total. The Morgan fingerprint density at radius 1 is 1.17 bits per heavy atom. The number of hydrogen-bond acceptors (Lipinski definition) is 2. The van der Waals surface area contributed by atoms with E-state index in [1.54, 1.807) is 17.4 Å². The molecule has 0 radical (unpaired) electrons. The van der Waals surface area contributed by atoms with Gasteiger partial charge in [-0.1, -0.05) is 42.8 Å². The standard InChI is InChI=1S/C16H16OS/c1-3-14-9-11-16(18-14)15(17)10-8-13-6-4-12(2)5-7-13/h4-11H,3H2,1-2H3/b10-8+. The normalized spacial score (nSPS) is 11.0. The van der Waals surface area contributed by atoms with Crippen LogP contribution in [0.3, 0.4) is 0 Å². The number of benzene rings is 1. The Bertz CT molecular complexity index is 561. The van der Waals surface area contributed by atoms with E-state index in [-0.39, 0.29) is 5.78 Å². The molecule has 0 bridgehead atoms. The molecular formula is C16H16OS. The second-order valence-corrected chi connectivity index (χ2v) is 5.40. The van der Waals surface area contributed by atoms with Crippen molar-refractivity contribution in [3.8, 4) is 0 Å². The summed E-state index contributed by atoms with van der Waals surface area (Å²) in [6, 6.07) is 12.1. The predicted molar refractivity (Wildman–Crippen MR) is 78.2 cm³/mol. The fourth-order valence-corrected chi connectivity index (χ4v) is 2.50. The van der Waals surface area contributed by atoms with Gasteiger partial charge in [-0.2, -0.15) is 0 Å². The average Bonchev–Trinajstić information content (AvgIpc) is 2.86. The summed E-state index contributed by atoms with van der Waals surface area (Å²) in [5, 5.41) is 0. The van der Waals surface area contributed by atoms with Crippen LogP contribution in [0.4, 0.5) is 0 Å². The first kappa shape index (κ1) is 12.8. The molecule has 0 atom stereocenters. The van der Waals surface area contributed by atoms with Crippen LogP contribution in [0, 0.1) is 6.92 Å². The van der Waals surface area contributed by atoms with E-state index >= 15 is 0 Å². The number of carbonyl (C=O) groups excluding carboxylic acids is 1. The highest BCUT2D eigenvalue weighted by atomic mass is 32.1. The molecule has 0 aliphatic carbocycles. The zero-order chi connectivity index (χ0) is 13.0. The highest BCUT2D eigenvalue weighted by molar-refractivity contribution is 7.14. The van der Waals surface area contributed by atoms with Crippen molar-refractivity contribution in [1.82, 2.24) is 0 Å². The molecule has 1 heterocycles. The average molecular weight is 256 g/mol. The van der Waals surface area contributed by atoms with Gasteiger partial charge in [0.15, 0.2) is 5.78 Å². The number of carbonyl (C=O) groups is 1. The van der Waals surface area contributed by atoms with E-state index in [9.17, 15) is 4.79 Å². The van der Waals surface area contributed by atoms with Crippen molar-refractivity contribution in [3.05, 3.63) is 63.4 Å². The highest BCUT2D eigenvalue weighted by Crippen LogP contribution is 2.18. The second kappa shape index (κ2) is 5.78. The summed E-state index contributed by atoms with van der Waals surface area (Å²) in [7, 11) is 0. The lowest BCUT2D eigenvalue weighted by atomic mass is 10.1. The van der Waals surface area contributed by atoms with E-state index in [2.05, 4.69) is 13.8 Å². The maximum absolute atomic E-state index is 11.9. The lowest BCUT2D eigenvalue weighted by molar-refractivity contribution is 0.105. The summed E-state index contributed by atoms with van der Waals surface area (Å²) in [5.41, 5.74) is 2.28. The third-order valence-corrected chi connectivity index (χ3v) is 4.00. The quantitative estimate of drug-likeness (QED) is 0.581. The van der Waals surface area contributed by atoms with Gasteiger partial charge in [-0.25, -0.2) is 0 Å².